The quantitative estimate of drug-likeness (QED) is 0.475. The Morgan fingerprint density at radius 2 is 2.19 bits per heavy atom. The van der Waals surface area contributed by atoms with Gasteiger partial charge in [-0.2, -0.15) is 9.36 Å². The van der Waals surface area contributed by atoms with Crippen molar-refractivity contribution in [3.63, 3.8) is 0 Å². The third-order valence-corrected chi connectivity index (χ3v) is 1.53. The smallest absolute Gasteiger partial charge is 0.368 e. The van der Waals surface area contributed by atoms with Gasteiger partial charge in [-0.1, -0.05) is 0 Å². The molecule has 1 heterocycles. The van der Waals surface area contributed by atoms with E-state index >= 15 is 0 Å². The molecule has 1 aromatic heterocycles. The maximum absolute atomic E-state index is 11.4. The molecule has 0 unspecified atom stereocenters. The fourth-order valence-electron chi connectivity index (χ4n) is 0.800. The van der Waals surface area contributed by atoms with Gasteiger partial charge in [0.2, 0.25) is 0 Å². The number of hydrogen-bond donors (Lipinski definition) is 1. The van der Waals surface area contributed by atoms with Crippen LogP contribution in [0.15, 0.2) is 10.9 Å². The van der Waals surface area contributed by atoms with E-state index in [1.807, 2.05) is 0 Å². The molecule has 1 rings (SSSR count). The minimum atomic E-state index is -1.23. The van der Waals surface area contributed by atoms with Crippen LogP contribution >= 0.6 is 0 Å². The molecule has 0 aliphatic rings. The number of esters is 1. The predicted molar refractivity (Wildman–Crippen MR) is 49.3 cm³/mol. The predicted octanol–water partition coefficient (Wildman–Crippen LogP) is -1.83. The van der Waals surface area contributed by atoms with Gasteiger partial charge in [0.25, 0.3) is 0 Å². The van der Waals surface area contributed by atoms with Crippen LogP contribution in [0.5, 0.6) is 0 Å². The maximum Gasteiger partial charge on any atom is 0.368 e. The number of carboxylic acids is 1. The van der Waals surface area contributed by atoms with Crippen molar-refractivity contribution in [2.75, 3.05) is 7.11 Å². The van der Waals surface area contributed by atoms with E-state index in [9.17, 15) is 14.4 Å². The molecule has 16 heavy (non-hydrogen) atoms. The number of methoxy groups -OCH3 is 1. The highest BCUT2D eigenvalue weighted by Gasteiger charge is 2.09. The van der Waals surface area contributed by atoms with Crippen molar-refractivity contribution in [1.82, 2.24) is 19.8 Å². The number of aromatic nitrogens is 4. The van der Waals surface area contributed by atoms with Gasteiger partial charge in [0, 0.05) is 12.3 Å². The molecular weight excluding hydrogens is 220 g/mol. The highest BCUT2D eigenvalue weighted by atomic mass is 16.5. The van der Waals surface area contributed by atoms with Gasteiger partial charge in [-0.15, -0.1) is 0 Å². The number of hydrogen-bond acceptors (Lipinski definition) is 6. The number of carbonyl (C=O) groups is 2. The van der Waals surface area contributed by atoms with Gasteiger partial charge in [0.05, 0.1) is 7.11 Å². The average Bonchev–Trinajstić information content (AvgIpc) is 2.57. The molecule has 0 aliphatic heterocycles. The number of tetrazole rings is 1. The van der Waals surface area contributed by atoms with E-state index in [0.29, 0.717) is 4.68 Å². The molecule has 0 aromatic carbocycles. The van der Waals surface area contributed by atoms with E-state index in [0.717, 1.165) is 17.0 Å². The summed E-state index contributed by atoms with van der Waals surface area (Å²) in [5.74, 6) is -1.88. The number of carboxylic acid groups (broad SMARTS) is 1. The number of rotatable bonds is 4. The zero-order chi connectivity index (χ0) is 12.1. The second kappa shape index (κ2) is 4.87. The van der Waals surface area contributed by atoms with Crippen LogP contribution in [0.25, 0.3) is 6.20 Å². The molecule has 9 nitrogen and oxygen atoms in total. The lowest BCUT2D eigenvalue weighted by Gasteiger charge is -1.94. The Morgan fingerprint density at radius 3 is 2.75 bits per heavy atom. The summed E-state index contributed by atoms with van der Waals surface area (Å²) in [5, 5.41) is 15.0. The summed E-state index contributed by atoms with van der Waals surface area (Å²) in [5.41, 5.74) is -0.733. The van der Waals surface area contributed by atoms with E-state index in [4.69, 9.17) is 5.11 Å². The van der Waals surface area contributed by atoms with Gasteiger partial charge in [-0.25, -0.2) is 9.59 Å². The topological polar surface area (TPSA) is 116 Å². The monoisotopic (exact) mass is 228 g/mol. The lowest BCUT2D eigenvalue weighted by molar-refractivity contribution is -0.141. The van der Waals surface area contributed by atoms with Gasteiger partial charge < -0.3 is 9.84 Å². The van der Waals surface area contributed by atoms with Gasteiger partial charge in [-0.3, -0.25) is 4.79 Å². The van der Waals surface area contributed by atoms with Crippen molar-refractivity contribution in [3.8, 4) is 0 Å². The van der Waals surface area contributed by atoms with Crippen LogP contribution in [0.2, 0.25) is 0 Å². The molecule has 0 saturated heterocycles. The summed E-state index contributed by atoms with van der Waals surface area (Å²) >= 11 is 0. The first-order chi connectivity index (χ1) is 7.54. The molecule has 1 N–H and O–H groups in total. The van der Waals surface area contributed by atoms with Crippen LogP contribution in [0.3, 0.4) is 0 Å². The zero-order valence-corrected chi connectivity index (χ0v) is 8.23. The second-order valence-electron chi connectivity index (χ2n) is 2.59. The van der Waals surface area contributed by atoms with Crippen molar-refractivity contribution in [2.45, 2.75) is 6.54 Å². The summed E-state index contributed by atoms with van der Waals surface area (Å²) in [6, 6.07) is 0. The molecule has 0 radical (unpaired) electrons. The highest BCUT2D eigenvalue weighted by Crippen LogP contribution is 1.81. The van der Waals surface area contributed by atoms with E-state index in [1.54, 1.807) is 0 Å². The van der Waals surface area contributed by atoms with Crippen molar-refractivity contribution in [3.05, 3.63) is 16.6 Å². The van der Waals surface area contributed by atoms with E-state index in [2.05, 4.69) is 15.2 Å². The van der Waals surface area contributed by atoms with Crippen molar-refractivity contribution in [2.24, 2.45) is 0 Å². The third-order valence-electron chi connectivity index (χ3n) is 1.53. The summed E-state index contributed by atoms with van der Waals surface area (Å²) < 4.78 is 5.77. The minimum absolute atomic E-state index is 0.379. The summed E-state index contributed by atoms with van der Waals surface area (Å²) in [4.78, 5) is 32.4. The number of ether oxygens (including phenoxy) is 1. The lowest BCUT2D eigenvalue weighted by Crippen LogP contribution is -2.26. The van der Waals surface area contributed by atoms with Crippen molar-refractivity contribution < 1.29 is 19.4 Å². The Hall–Kier alpha value is -2.45. The van der Waals surface area contributed by atoms with E-state index in [-0.39, 0.29) is 6.54 Å². The molecule has 0 aliphatic carbocycles. The molecule has 0 saturated carbocycles. The summed E-state index contributed by atoms with van der Waals surface area (Å²) in [7, 11) is 1.17. The van der Waals surface area contributed by atoms with Crippen LogP contribution < -0.4 is 5.69 Å². The Morgan fingerprint density at radius 1 is 1.50 bits per heavy atom. The van der Waals surface area contributed by atoms with Crippen LogP contribution in [0.1, 0.15) is 0 Å². The van der Waals surface area contributed by atoms with E-state index < -0.39 is 17.6 Å². The zero-order valence-electron chi connectivity index (χ0n) is 8.23. The number of carbonyl (C=O) groups excluding carboxylic acids is 1. The molecule has 1 aromatic rings. The summed E-state index contributed by atoms with van der Waals surface area (Å²) in [6.07, 6.45) is 1.64. The molecular formula is C7H8N4O5. The second-order valence-corrected chi connectivity index (χ2v) is 2.59. The van der Waals surface area contributed by atoms with Crippen molar-refractivity contribution >= 4 is 18.1 Å². The number of nitrogens with zero attached hydrogens (tertiary/aromatic N) is 4. The standard InChI is InChI=1S/C7H8N4O5/c1-16-6(14)4-11-7(15)10(8-9-11)3-2-5(12)13/h2-3H,4H2,1H3,(H,12,13). The minimum Gasteiger partial charge on any atom is -0.478 e. The van der Waals surface area contributed by atoms with Gasteiger partial charge >= 0.3 is 17.6 Å². The van der Waals surface area contributed by atoms with Crippen LogP contribution in [-0.2, 0) is 20.9 Å². The average molecular weight is 228 g/mol. The SMILES string of the molecule is COC(=O)Cn1nnn(C=CC(=O)O)c1=O. The molecule has 0 spiro atoms. The third kappa shape index (κ3) is 2.77. The van der Waals surface area contributed by atoms with Crippen LogP contribution in [0, 0.1) is 0 Å². The van der Waals surface area contributed by atoms with Gasteiger partial charge in [0.15, 0.2) is 0 Å². The maximum atomic E-state index is 11.4. The molecule has 0 amide bonds. The first kappa shape index (κ1) is 11.6. The Labute approximate surface area is 88.5 Å². The molecule has 0 bridgehead atoms. The fourth-order valence-corrected chi connectivity index (χ4v) is 0.800. The lowest BCUT2D eigenvalue weighted by atomic mass is 10.6. The van der Waals surface area contributed by atoms with Gasteiger partial charge in [-0.05, 0) is 10.4 Å². The van der Waals surface area contributed by atoms with Crippen LogP contribution in [0.4, 0.5) is 0 Å². The molecule has 0 atom stereocenters. The molecule has 86 valence electrons. The Balaban J connectivity index is 2.89. The number of aliphatic carboxylic acids is 1. The first-order valence-corrected chi connectivity index (χ1v) is 4.05. The summed E-state index contributed by atoms with van der Waals surface area (Å²) in [6.45, 7) is -0.379. The molecule has 9 heteroatoms. The fraction of sp³-hybridized carbons (Fsp3) is 0.286. The highest BCUT2D eigenvalue weighted by molar-refractivity contribution is 5.82. The largest absolute Gasteiger partial charge is 0.478 e. The normalized spacial score (nSPS) is 10.6. The Kier molecular flexibility index (Phi) is 3.53. The first-order valence-electron chi connectivity index (χ1n) is 4.05. The van der Waals surface area contributed by atoms with Gasteiger partial charge in [0.1, 0.15) is 6.54 Å². The van der Waals surface area contributed by atoms with Crippen LogP contribution in [-0.4, -0.2) is 43.9 Å². The van der Waals surface area contributed by atoms with Crippen molar-refractivity contribution in [1.29, 1.82) is 0 Å². The Bertz CT molecular complexity index is 485. The molecule has 0 fully saturated rings. The van der Waals surface area contributed by atoms with E-state index in [1.165, 1.54) is 7.11 Å².